The maximum atomic E-state index is 11.5. The molecule has 0 atom stereocenters. The Morgan fingerprint density at radius 2 is 2.14 bits per heavy atom. The molecule has 0 amide bonds. The van der Waals surface area contributed by atoms with Crippen molar-refractivity contribution in [3.8, 4) is 0 Å². The van der Waals surface area contributed by atoms with E-state index in [9.17, 15) is 8.42 Å². The van der Waals surface area contributed by atoms with Gasteiger partial charge >= 0.3 is 0 Å². The smallest absolute Gasteiger partial charge is 0.179 e. The SMILES string of the molecule is O=S(=O)(CCCO)c1ccc(I)nc1. The fourth-order valence-corrected chi connectivity index (χ4v) is 2.47. The van der Waals surface area contributed by atoms with E-state index in [1.165, 1.54) is 12.3 Å². The molecule has 0 aliphatic heterocycles. The number of rotatable bonds is 4. The first-order valence-corrected chi connectivity index (χ1v) is 6.74. The third kappa shape index (κ3) is 3.18. The summed E-state index contributed by atoms with van der Waals surface area (Å²) in [5.41, 5.74) is 0. The molecule has 0 fully saturated rings. The monoisotopic (exact) mass is 327 g/mol. The van der Waals surface area contributed by atoms with E-state index in [4.69, 9.17) is 5.11 Å². The van der Waals surface area contributed by atoms with Crippen LogP contribution < -0.4 is 0 Å². The van der Waals surface area contributed by atoms with Gasteiger partial charge in [-0.1, -0.05) is 0 Å². The number of hydrogen-bond donors (Lipinski definition) is 1. The van der Waals surface area contributed by atoms with E-state index in [2.05, 4.69) is 4.98 Å². The summed E-state index contributed by atoms with van der Waals surface area (Å²) in [4.78, 5) is 4.11. The van der Waals surface area contributed by atoms with Crippen molar-refractivity contribution in [1.29, 1.82) is 0 Å². The lowest BCUT2D eigenvalue weighted by Gasteiger charge is -2.02. The number of nitrogens with zero attached hydrogens (tertiary/aromatic N) is 1. The van der Waals surface area contributed by atoms with E-state index in [1.807, 2.05) is 22.6 Å². The van der Waals surface area contributed by atoms with Gasteiger partial charge < -0.3 is 5.11 Å². The molecule has 6 heteroatoms. The standard InChI is InChI=1S/C8H10INO3S/c9-8-3-2-7(6-10-8)14(12,13)5-1-4-11/h2-3,6,11H,1,4-5H2. The van der Waals surface area contributed by atoms with E-state index in [-0.39, 0.29) is 23.7 Å². The fraction of sp³-hybridized carbons (Fsp3) is 0.375. The lowest BCUT2D eigenvalue weighted by atomic mass is 10.5. The molecule has 0 radical (unpaired) electrons. The van der Waals surface area contributed by atoms with Gasteiger partial charge in [0.1, 0.15) is 3.70 Å². The van der Waals surface area contributed by atoms with Gasteiger partial charge in [0.25, 0.3) is 0 Å². The van der Waals surface area contributed by atoms with Crippen molar-refractivity contribution in [2.24, 2.45) is 0 Å². The largest absolute Gasteiger partial charge is 0.396 e. The Labute approximate surface area is 96.4 Å². The van der Waals surface area contributed by atoms with Gasteiger partial charge in [0.15, 0.2) is 9.84 Å². The van der Waals surface area contributed by atoms with Crippen LogP contribution in [0.2, 0.25) is 0 Å². The molecule has 0 bridgehead atoms. The first-order valence-electron chi connectivity index (χ1n) is 4.01. The second kappa shape index (κ2) is 5.04. The van der Waals surface area contributed by atoms with E-state index in [1.54, 1.807) is 6.07 Å². The Balaban J connectivity index is 2.87. The third-order valence-electron chi connectivity index (χ3n) is 1.63. The van der Waals surface area contributed by atoms with Crippen molar-refractivity contribution in [1.82, 2.24) is 4.98 Å². The highest BCUT2D eigenvalue weighted by Gasteiger charge is 2.13. The van der Waals surface area contributed by atoms with Crippen LogP contribution in [0.3, 0.4) is 0 Å². The Hall–Kier alpha value is -0.210. The van der Waals surface area contributed by atoms with Gasteiger partial charge in [0.2, 0.25) is 0 Å². The van der Waals surface area contributed by atoms with Crippen LogP contribution in [0.4, 0.5) is 0 Å². The van der Waals surface area contributed by atoms with Crippen molar-refractivity contribution in [3.05, 3.63) is 22.0 Å². The van der Waals surface area contributed by atoms with Crippen LogP contribution >= 0.6 is 22.6 Å². The zero-order valence-electron chi connectivity index (χ0n) is 7.35. The maximum absolute atomic E-state index is 11.5. The molecule has 0 saturated carbocycles. The average molecular weight is 327 g/mol. The third-order valence-corrected chi connectivity index (χ3v) is 4.05. The summed E-state index contributed by atoms with van der Waals surface area (Å²) in [6.45, 7) is -0.114. The van der Waals surface area contributed by atoms with E-state index < -0.39 is 9.84 Å². The Morgan fingerprint density at radius 3 is 2.64 bits per heavy atom. The minimum Gasteiger partial charge on any atom is -0.396 e. The summed E-state index contributed by atoms with van der Waals surface area (Å²) >= 11 is 2.01. The quantitative estimate of drug-likeness (QED) is 0.657. The van der Waals surface area contributed by atoms with Crippen molar-refractivity contribution in [2.45, 2.75) is 11.3 Å². The average Bonchev–Trinajstić information content (AvgIpc) is 2.16. The van der Waals surface area contributed by atoms with E-state index >= 15 is 0 Å². The van der Waals surface area contributed by atoms with Gasteiger partial charge in [0, 0.05) is 12.8 Å². The van der Waals surface area contributed by atoms with Gasteiger partial charge in [-0.15, -0.1) is 0 Å². The van der Waals surface area contributed by atoms with Gasteiger partial charge in [-0.25, -0.2) is 13.4 Å². The minimum absolute atomic E-state index is 0.0359. The molecular weight excluding hydrogens is 317 g/mol. The minimum atomic E-state index is -3.27. The second-order valence-electron chi connectivity index (χ2n) is 2.71. The molecule has 1 heterocycles. The number of aliphatic hydroxyl groups excluding tert-OH is 1. The molecule has 0 aliphatic carbocycles. The van der Waals surface area contributed by atoms with Crippen LogP contribution in [-0.2, 0) is 9.84 Å². The normalized spacial score (nSPS) is 11.6. The second-order valence-corrected chi connectivity index (χ2v) is 5.93. The van der Waals surface area contributed by atoms with Crippen LogP contribution in [0.5, 0.6) is 0 Å². The molecule has 1 N–H and O–H groups in total. The fourth-order valence-electron chi connectivity index (χ4n) is 0.919. The first kappa shape index (κ1) is 11.9. The molecule has 78 valence electrons. The van der Waals surface area contributed by atoms with Crippen molar-refractivity contribution < 1.29 is 13.5 Å². The van der Waals surface area contributed by atoms with Crippen LogP contribution in [0.1, 0.15) is 6.42 Å². The molecule has 1 aromatic heterocycles. The number of sulfone groups is 1. The number of aromatic nitrogens is 1. The number of halogens is 1. The summed E-state index contributed by atoms with van der Waals surface area (Å²) in [5, 5.41) is 8.54. The molecule has 0 spiro atoms. The predicted molar refractivity (Wildman–Crippen MR) is 60.7 cm³/mol. The predicted octanol–water partition coefficient (Wildman–Crippen LogP) is 0.842. The molecule has 4 nitrogen and oxygen atoms in total. The molecule has 1 rings (SSSR count). The Morgan fingerprint density at radius 1 is 1.43 bits per heavy atom. The summed E-state index contributed by atoms with van der Waals surface area (Å²) in [7, 11) is -3.27. The van der Waals surface area contributed by atoms with E-state index in [0.29, 0.717) is 0 Å². The van der Waals surface area contributed by atoms with Gasteiger partial charge in [-0.3, -0.25) is 0 Å². The highest BCUT2D eigenvalue weighted by molar-refractivity contribution is 14.1. The van der Waals surface area contributed by atoms with Crippen molar-refractivity contribution in [3.63, 3.8) is 0 Å². The van der Waals surface area contributed by atoms with Crippen LogP contribution in [0.25, 0.3) is 0 Å². The number of pyridine rings is 1. The van der Waals surface area contributed by atoms with E-state index in [0.717, 1.165) is 3.70 Å². The molecule has 0 unspecified atom stereocenters. The topological polar surface area (TPSA) is 67.3 Å². The first-order chi connectivity index (χ1) is 6.56. The van der Waals surface area contributed by atoms with Crippen molar-refractivity contribution >= 4 is 32.4 Å². The molecule has 14 heavy (non-hydrogen) atoms. The Bertz CT molecular complexity index is 388. The van der Waals surface area contributed by atoms with Gasteiger partial charge in [0.05, 0.1) is 10.6 Å². The molecule has 1 aromatic rings. The van der Waals surface area contributed by atoms with Crippen LogP contribution in [0, 0.1) is 3.70 Å². The summed E-state index contributed by atoms with van der Waals surface area (Å²) < 4.78 is 23.9. The highest BCUT2D eigenvalue weighted by atomic mass is 127. The van der Waals surface area contributed by atoms with Gasteiger partial charge in [-0.2, -0.15) is 0 Å². The Kier molecular flexibility index (Phi) is 4.27. The lowest BCUT2D eigenvalue weighted by Crippen LogP contribution is -2.08. The van der Waals surface area contributed by atoms with Crippen LogP contribution in [-0.4, -0.2) is 30.9 Å². The summed E-state index contributed by atoms with van der Waals surface area (Å²) in [6.07, 6.45) is 1.60. The number of hydrogen-bond acceptors (Lipinski definition) is 4. The molecule has 0 saturated heterocycles. The molecular formula is C8H10INO3S. The zero-order chi connectivity index (χ0) is 10.6. The lowest BCUT2D eigenvalue weighted by molar-refractivity contribution is 0.295. The summed E-state index contributed by atoms with van der Waals surface area (Å²) in [5.74, 6) is -0.0359. The molecule has 0 aliphatic rings. The zero-order valence-corrected chi connectivity index (χ0v) is 10.3. The van der Waals surface area contributed by atoms with Gasteiger partial charge in [-0.05, 0) is 41.1 Å². The van der Waals surface area contributed by atoms with Crippen LogP contribution in [0.15, 0.2) is 23.2 Å². The number of aliphatic hydroxyl groups is 1. The van der Waals surface area contributed by atoms with Crippen molar-refractivity contribution in [2.75, 3.05) is 12.4 Å². The highest BCUT2D eigenvalue weighted by Crippen LogP contribution is 2.11. The summed E-state index contributed by atoms with van der Waals surface area (Å²) in [6, 6.07) is 3.17. The maximum Gasteiger partial charge on any atom is 0.179 e. The molecule has 0 aromatic carbocycles.